The Balaban J connectivity index is 1.46. The van der Waals surface area contributed by atoms with Crippen LogP contribution < -0.4 is 25.1 Å². The summed E-state index contributed by atoms with van der Waals surface area (Å²) in [5.74, 6) is 1.50. The first-order valence-corrected chi connectivity index (χ1v) is 10.3. The smallest absolute Gasteiger partial charge is 0.276 e. The predicted octanol–water partition coefficient (Wildman–Crippen LogP) is 2.62. The molecule has 0 unspecified atom stereocenters. The molecule has 33 heavy (non-hydrogen) atoms. The molecule has 170 valence electrons. The summed E-state index contributed by atoms with van der Waals surface area (Å²) in [5.41, 5.74) is 2.27. The van der Waals surface area contributed by atoms with E-state index in [1.165, 1.54) is 14.2 Å². The Kier molecular flexibility index (Phi) is 6.30. The molecule has 9 nitrogen and oxygen atoms in total. The van der Waals surface area contributed by atoms with Crippen LogP contribution in [0.2, 0.25) is 0 Å². The number of hydrogen-bond donors (Lipinski definition) is 1. The number of carbonyl (C=O) groups is 1. The van der Waals surface area contributed by atoms with Gasteiger partial charge in [-0.1, -0.05) is 0 Å². The number of benzene rings is 2. The summed E-state index contributed by atoms with van der Waals surface area (Å²) in [5, 5.41) is 7.31. The van der Waals surface area contributed by atoms with Crippen molar-refractivity contribution >= 4 is 11.4 Å². The average Bonchev–Trinajstić information content (AvgIpc) is 3.30. The third kappa shape index (κ3) is 4.52. The molecule has 2 heterocycles. The van der Waals surface area contributed by atoms with Crippen LogP contribution in [-0.2, 0) is 6.54 Å². The fourth-order valence-electron chi connectivity index (χ4n) is 3.47. The Morgan fingerprint density at radius 3 is 2.39 bits per heavy atom. The molecule has 1 amide bonds. The van der Waals surface area contributed by atoms with Gasteiger partial charge in [0.1, 0.15) is 11.3 Å². The van der Waals surface area contributed by atoms with Gasteiger partial charge in [0, 0.05) is 36.6 Å². The molecule has 0 fully saturated rings. The summed E-state index contributed by atoms with van der Waals surface area (Å²) in [6, 6.07) is 14.2. The van der Waals surface area contributed by atoms with Crippen LogP contribution in [0.4, 0.5) is 0 Å². The van der Waals surface area contributed by atoms with Crippen LogP contribution in [0.25, 0.3) is 16.8 Å². The van der Waals surface area contributed by atoms with E-state index < -0.39 is 0 Å². The highest BCUT2D eigenvalue weighted by molar-refractivity contribution is 5.94. The van der Waals surface area contributed by atoms with Gasteiger partial charge in [-0.05, 0) is 48.5 Å². The van der Waals surface area contributed by atoms with E-state index in [-0.39, 0.29) is 18.0 Å². The van der Waals surface area contributed by atoms with Crippen LogP contribution in [0.3, 0.4) is 0 Å². The molecule has 0 bridgehead atoms. The van der Waals surface area contributed by atoms with Crippen molar-refractivity contribution in [3.63, 3.8) is 0 Å². The lowest BCUT2D eigenvalue weighted by Gasteiger charge is -2.10. The number of methoxy groups -OCH3 is 3. The molecule has 0 saturated heterocycles. The number of nitrogens with one attached hydrogen (secondary N) is 1. The second-order valence-electron chi connectivity index (χ2n) is 7.21. The van der Waals surface area contributed by atoms with E-state index in [0.29, 0.717) is 34.8 Å². The lowest BCUT2D eigenvalue weighted by molar-refractivity contribution is 0.0951. The quantitative estimate of drug-likeness (QED) is 0.445. The maximum Gasteiger partial charge on any atom is 0.276 e. The summed E-state index contributed by atoms with van der Waals surface area (Å²) >= 11 is 0. The minimum Gasteiger partial charge on any atom is -0.497 e. The van der Waals surface area contributed by atoms with Crippen molar-refractivity contribution in [2.45, 2.75) is 6.54 Å². The van der Waals surface area contributed by atoms with E-state index in [9.17, 15) is 9.59 Å². The molecule has 9 heteroatoms. The maximum atomic E-state index is 12.9. The number of ether oxygens (including phenoxy) is 3. The lowest BCUT2D eigenvalue weighted by atomic mass is 10.1. The number of rotatable bonds is 8. The Labute approximate surface area is 190 Å². The first kappa shape index (κ1) is 21.9. The van der Waals surface area contributed by atoms with E-state index in [1.54, 1.807) is 52.9 Å². The van der Waals surface area contributed by atoms with Gasteiger partial charge in [-0.25, -0.2) is 4.52 Å². The number of amides is 1. The molecule has 0 aliphatic carbocycles. The van der Waals surface area contributed by atoms with Crippen LogP contribution in [0.15, 0.2) is 65.7 Å². The monoisotopic (exact) mass is 448 g/mol. The number of carbonyl (C=O) groups excluding carboxylic acids is 1. The topological polar surface area (TPSA) is 96.1 Å². The molecule has 0 spiro atoms. The molecule has 0 atom stereocenters. The van der Waals surface area contributed by atoms with Gasteiger partial charge in [-0.2, -0.15) is 5.10 Å². The SMILES string of the molecule is COc1ccc(-c2cc3c(=O)n(CCNC(=O)c4ccc(OC)c(OC)c4)ccn3n2)cc1. The molecule has 0 aliphatic heterocycles. The maximum absolute atomic E-state index is 12.9. The van der Waals surface area contributed by atoms with Gasteiger partial charge in [0.2, 0.25) is 0 Å². The Bertz CT molecular complexity index is 1340. The fraction of sp³-hybridized carbons (Fsp3) is 0.208. The van der Waals surface area contributed by atoms with Crippen LogP contribution in [0.5, 0.6) is 17.2 Å². The molecule has 4 aromatic rings. The summed E-state index contributed by atoms with van der Waals surface area (Å²) in [6.45, 7) is 0.597. The van der Waals surface area contributed by atoms with Gasteiger partial charge < -0.3 is 24.1 Å². The second kappa shape index (κ2) is 9.47. The van der Waals surface area contributed by atoms with Crippen molar-refractivity contribution in [3.8, 4) is 28.5 Å². The molecule has 0 aliphatic rings. The second-order valence-corrected chi connectivity index (χ2v) is 7.21. The molecular weight excluding hydrogens is 424 g/mol. The van der Waals surface area contributed by atoms with E-state index in [2.05, 4.69) is 10.4 Å². The Hall–Kier alpha value is -4.27. The fourth-order valence-corrected chi connectivity index (χ4v) is 3.47. The molecule has 0 saturated carbocycles. The zero-order chi connectivity index (χ0) is 23.4. The predicted molar refractivity (Wildman–Crippen MR) is 123 cm³/mol. The van der Waals surface area contributed by atoms with Crippen LogP contribution >= 0.6 is 0 Å². The molecule has 1 N–H and O–H groups in total. The summed E-state index contributed by atoms with van der Waals surface area (Å²) in [4.78, 5) is 25.4. The standard InChI is InChI=1S/C24H24N4O5/c1-31-18-7-4-16(5-8-18)19-15-20-24(30)27(12-13-28(20)26-19)11-10-25-23(29)17-6-9-21(32-2)22(14-17)33-3/h4-9,12-15H,10-11H2,1-3H3,(H,25,29). The molecule has 0 radical (unpaired) electrons. The minimum atomic E-state index is -0.267. The van der Waals surface area contributed by atoms with Gasteiger partial charge in [0.25, 0.3) is 11.5 Å². The van der Waals surface area contributed by atoms with Gasteiger partial charge in [0.05, 0.1) is 27.0 Å². The van der Waals surface area contributed by atoms with Gasteiger partial charge >= 0.3 is 0 Å². The number of aromatic nitrogens is 3. The number of hydrogen-bond acceptors (Lipinski definition) is 6. The van der Waals surface area contributed by atoms with Gasteiger partial charge in [-0.15, -0.1) is 0 Å². The Morgan fingerprint density at radius 2 is 1.70 bits per heavy atom. The van der Waals surface area contributed by atoms with Crippen LogP contribution in [0.1, 0.15) is 10.4 Å². The Morgan fingerprint density at radius 1 is 0.939 bits per heavy atom. The van der Waals surface area contributed by atoms with E-state index in [4.69, 9.17) is 14.2 Å². The highest BCUT2D eigenvalue weighted by atomic mass is 16.5. The van der Waals surface area contributed by atoms with E-state index in [0.717, 1.165) is 11.3 Å². The van der Waals surface area contributed by atoms with Crippen molar-refractivity contribution in [1.29, 1.82) is 0 Å². The molecule has 2 aromatic heterocycles. The summed E-state index contributed by atoms with van der Waals surface area (Å²) < 4.78 is 18.7. The third-order valence-electron chi connectivity index (χ3n) is 5.27. The zero-order valence-electron chi connectivity index (χ0n) is 18.6. The van der Waals surface area contributed by atoms with E-state index in [1.807, 2.05) is 24.3 Å². The van der Waals surface area contributed by atoms with Crippen molar-refractivity contribution < 1.29 is 19.0 Å². The third-order valence-corrected chi connectivity index (χ3v) is 5.27. The van der Waals surface area contributed by atoms with Crippen LogP contribution in [0, 0.1) is 0 Å². The molecule has 2 aromatic carbocycles. The average molecular weight is 448 g/mol. The van der Waals surface area contributed by atoms with E-state index >= 15 is 0 Å². The van der Waals surface area contributed by atoms with Crippen molar-refractivity contribution in [2.24, 2.45) is 0 Å². The van der Waals surface area contributed by atoms with Gasteiger partial charge in [-0.3, -0.25) is 9.59 Å². The molecular formula is C24H24N4O5. The first-order chi connectivity index (χ1) is 16.0. The minimum absolute atomic E-state index is 0.190. The lowest BCUT2D eigenvalue weighted by Crippen LogP contribution is -2.31. The highest BCUT2D eigenvalue weighted by Gasteiger charge is 2.12. The number of fused-ring (bicyclic) bond motifs is 1. The highest BCUT2D eigenvalue weighted by Crippen LogP contribution is 2.27. The summed E-state index contributed by atoms with van der Waals surface area (Å²) in [7, 11) is 4.66. The summed E-state index contributed by atoms with van der Waals surface area (Å²) in [6.07, 6.45) is 3.38. The first-order valence-electron chi connectivity index (χ1n) is 10.3. The largest absolute Gasteiger partial charge is 0.497 e. The van der Waals surface area contributed by atoms with Crippen molar-refractivity contribution in [1.82, 2.24) is 19.5 Å². The normalized spacial score (nSPS) is 10.8. The van der Waals surface area contributed by atoms with Crippen molar-refractivity contribution in [2.75, 3.05) is 27.9 Å². The molecule has 4 rings (SSSR count). The zero-order valence-corrected chi connectivity index (χ0v) is 18.6. The van der Waals surface area contributed by atoms with Gasteiger partial charge in [0.15, 0.2) is 11.5 Å². The van der Waals surface area contributed by atoms with Crippen molar-refractivity contribution in [3.05, 3.63) is 76.8 Å². The number of nitrogens with zero attached hydrogens (tertiary/aromatic N) is 3. The van der Waals surface area contributed by atoms with Crippen LogP contribution in [-0.4, -0.2) is 48.0 Å².